The highest BCUT2D eigenvalue weighted by Gasteiger charge is 2.14. The van der Waals surface area contributed by atoms with Crippen molar-refractivity contribution in [3.63, 3.8) is 0 Å². The fourth-order valence-corrected chi connectivity index (χ4v) is 4.00. The van der Waals surface area contributed by atoms with Crippen molar-refractivity contribution in [3.05, 3.63) is 87.9 Å². The van der Waals surface area contributed by atoms with Gasteiger partial charge in [-0.05, 0) is 60.4 Å². The quantitative estimate of drug-likeness (QED) is 0.349. The molecular formula is C28H28BrNO4. The van der Waals surface area contributed by atoms with Crippen LogP contribution in [0.1, 0.15) is 23.1 Å². The van der Waals surface area contributed by atoms with Gasteiger partial charge in [0.15, 0.2) is 11.5 Å². The minimum atomic E-state index is -0.203. The molecule has 176 valence electrons. The Morgan fingerprint density at radius 3 is 2.24 bits per heavy atom. The molecular weight excluding hydrogens is 494 g/mol. The lowest BCUT2D eigenvalue weighted by Crippen LogP contribution is -2.30. The second-order valence-corrected chi connectivity index (χ2v) is 8.45. The minimum absolute atomic E-state index is 0.203. The molecule has 0 aliphatic heterocycles. The van der Waals surface area contributed by atoms with E-state index >= 15 is 0 Å². The number of hydrogen-bond donors (Lipinski definition) is 0. The standard InChI is InChI=1S/C28H28BrNO4/c1-32-24-14-11-22(12-15-24)20-30(28(31)16-13-21-8-5-4-6-9-21)17-7-10-23-18-26(33-2)27(34-3)19-25(23)29/h4-6,8-9,11-12,14-15,18-19H,7,10,17,20H2,1-3H3. The maximum atomic E-state index is 13.0. The number of carbonyl (C=O) groups excluding carboxylic acids is 1. The highest BCUT2D eigenvalue weighted by atomic mass is 79.9. The Morgan fingerprint density at radius 2 is 1.59 bits per heavy atom. The molecule has 0 atom stereocenters. The molecule has 6 heteroatoms. The van der Waals surface area contributed by atoms with E-state index in [-0.39, 0.29) is 5.91 Å². The number of rotatable bonds is 9. The second kappa shape index (κ2) is 12.7. The Morgan fingerprint density at radius 1 is 0.912 bits per heavy atom. The van der Waals surface area contributed by atoms with Gasteiger partial charge in [-0.2, -0.15) is 0 Å². The van der Waals surface area contributed by atoms with Gasteiger partial charge in [-0.25, -0.2) is 0 Å². The van der Waals surface area contributed by atoms with Crippen LogP contribution in [0.5, 0.6) is 17.2 Å². The van der Waals surface area contributed by atoms with Gasteiger partial charge in [0, 0.05) is 29.0 Å². The number of benzene rings is 3. The van der Waals surface area contributed by atoms with Gasteiger partial charge in [0.05, 0.1) is 21.3 Å². The second-order valence-electron chi connectivity index (χ2n) is 7.59. The van der Waals surface area contributed by atoms with Gasteiger partial charge in [-0.3, -0.25) is 4.79 Å². The summed E-state index contributed by atoms with van der Waals surface area (Å²) in [6, 6.07) is 21.1. The van der Waals surface area contributed by atoms with Crippen molar-refractivity contribution in [2.45, 2.75) is 19.4 Å². The average Bonchev–Trinajstić information content (AvgIpc) is 2.88. The lowest BCUT2D eigenvalue weighted by molar-refractivity contribution is -0.125. The van der Waals surface area contributed by atoms with Crippen LogP contribution in [0.2, 0.25) is 0 Å². The number of hydrogen-bond acceptors (Lipinski definition) is 4. The number of carbonyl (C=O) groups is 1. The van der Waals surface area contributed by atoms with Crippen molar-refractivity contribution in [1.29, 1.82) is 0 Å². The normalized spacial score (nSPS) is 10.1. The fraction of sp³-hybridized carbons (Fsp3) is 0.250. The maximum Gasteiger partial charge on any atom is 0.299 e. The van der Waals surface area contributed by atoms with Crippen molar-refractivity contribution < 1.29 is 19.0 Å². The predicted molar refractivity (Wildman–Crippen MR) is 137 cm³/mol. The van der Waals surface area contributed by atoms with E-state index in [0.717, 1.165) is 39.8 Å². The summed E-state index contributed by atoms with van der Waals surface area (Å²) >= 11 is 3.62. The molecule has 3 rings (SSSR count). The monoisotopic (exact) mass is 521 g/mol. The molecule has 5 nitrogen and oxygen atoms in total. The van der Waals surface area contributed by atoms with E-state index in [0.29, 0.717) is 24.6 Å². The SMILES string of the molecule is COc1ccc(CN(CCCc2cc(OC)c(OC)cc2Br)C(=O)C#Cc2ccccc2)cc1. The van der Waals surface area contributed by atoms with E-state index in [1.165, 1.54) is 0 Å². The van der Waals surface area contributed by atoms with E-state index in [4.69, 9.17) is 14.2 Å². The molecule has 34 heavy (non-hydrogen) atoms. The molecule has 0 N–H and O–H groups in total. The smallest absolute Gasteiger partial charge is 0.299 e. The first-order valence-corrected chi connectivity index (χ1v) is 11.7. The fourth-order valence-electron chi connectivity index (χ4n) is 3.48. The molecule has 0 heterocycles. The average molecular weight is 522 g/mol. The van der Waals surface area contributed by atoms with E-state index in [2.05, 4.69) is 27.8 Å². The van der Waals surface area contributed by atoms with Crippen LogP contribution in [0.15, 0.2) is 71.2 Å². The predicted octanol–water partition coefficient (Wildman–Crippen LogP) is 5.49. The Kier molecular flexibility index (Phi) is 9.42. The van der Waals surface area contributed by atoms with Crippen LogP contribution in [0.4, 0.5) is 0 Å². The summed E-state index contributed by atoms with van der Waals surface area (Å²) in [5.74, 6) is 7.71. The minimum Gasteiger partial charge on any atom is -0.497 e. The number of methoxy groups -OCH3 is 3. The molecule has 0 fully saturated rings. The molecule has 0 bridgehead atoms. The van der Waals surface area contributed by atoms with Gasteiger partial charge >= 0.3 is 0 Å². The molecule has 1 amide bonds. The van der Waals surface area contributed by atoms with Gasteiger partial charge in [-0.15, -0.1) is 0 Å². The summed E-state index contributed by atoms with van der Waals surface area (Å²) in [6.45, 7) is 1.04. The number of halogens is 1. The zero-order valence-electron chi connectivity index (χ0n) is 19.6. The Bertz CT molecular complexity index is 1150. The maximum absolute atomic E-state index is 13.0. The lowest BCUT2D eigenvalue weighted by atomic mass is 10.1. The first-order valence-electron chi connectivity index (χ1n) is 10.9. The number of amides is 1. The van der Waals surface area contributed by atoms with Crippen molar-refractivity contribution >= 4 is 21.8 Å². The molecule has 0 unspecified atom stereocenters. The Labute approximate surface area is 209 Å². The molecule has 3 aromatic rings. The van der Waals surface area contributed by atoms with Crippen molar-refractivity contribution in [1.82, 2.24) is 4.90 Å². The third kappa shape index (κ3) is 7.03. The van der Waals surface area contributed by atoms with Crippen LogP contribution in [0.3, 0.4) is 0 Å². The number of nitrogens with zero attached hydrogens (tertiary/aromatic N) is 1. The third-order valence-electron chi connectivity index (χ3n) is 5.33. The molecule has 0 aromatic heterocycles. The van der Waals surface area contributed by atoms with Gasteiger partial charge < -0.3 is 19.1 Å². The van der Waals surface area contributed by atoms with Crippen molar-refractivity contribution in [3.8, 4) is 29.1 Å². The molecule has 0 aliphatic rings. The highest BCUT2D eigenvalue weighted by molar-refractivity contribution is 9.10. The van der Waals surface area contributed by atoms with E-state index < -0.39 is 0 Å². The largest absolute Gasteiger partial charge is 0.497 e. The molecule has 0 saturated carbocycles. The van der Waals surface area contributed by atoms with Crippen molar-refractivity contribution in [2.24, 2.45) is 0 Å². The third-order valence-corrected chi connectivity index (χ3v) is 6.07. The first-order chi connectivity index (χ1) is 16.5. The zero-order chi connectivity index (χ0) is 24.3. The molecule has 0 spiro atoms. The van der Waals surface area contributed by atoms with Gasteiger partial charge in [0.1, 0.15) is 5.75 Å². The van der Waals surface area contributed by atoms with E-state index in [1.54, 1.807) is 26.2 Å². The molecule has 0 radical (unpaired) electrons. The van der Waals surface area contributed by atoms with E-state index in [1.807, 2.05) is 66.7 Å². The Balaban J connectivity index is 1.74. The summed E-state index contributed by atoms with van der Waals surface area (Å²) in [4.78, 5) is 14.8. The van der Waals surface area contributed by atoms with Gasteiger partial charge in [0.25, 0.3) is 5.91 Å². The zero-order valence-corrected chi connectivity index (χ0v) is 21.2. The summed E-state index contributed by atoms with van der Waals surface area (Å²) in [7, 11) is 4.87. The summed E-state index contributed by atoms with van der Waals surface area (Å²) in [6.07, 6.45) is 1.53. The van der Waals surface area contributed by atoms with Crippen LogP contribution in [-0.2, 0) is 17.8 Å². The number of aryl methyl sites for hydroxylation is 1. The Hall–Kier alpha value is -3.43. The lowest BCUT2D eigenvalue weighted by Gasteiger charge is -2.21. The van der Waals surface area contributed by atoms with Gasteiger partial charge in [0.2, 0.25) is 0 Å². The highest BCUT2D eigenvalue weighted by Crippen LogP contribution is 2.33. The van der Waals surface area contributed by atoms with Crippen LogP contribution in [-0.4, -0.2) is 38.7 Å². The van der Waals surface area contributed by atoms with Crippen LogP contribution < -0.4 is 14.2 Å². The summed E-state index contributed by atoms with van der Waals surface area (Å²) < 4.78 is 17.0. The van der Waals surface area contributed by atoms with Crippen molar-refractivity contribution in [2.75, 3.05) is 27.9 Å². The molecule has 3 aromatic carbocycles. The topological polar surface area (TPSA) is 48.0 Å². The first kappa shape index (κ1) is 25.2. The van der Waals surface area contributed by atoms with Crippen LogP contribution in [0.25, 0.3) is 0 Å². The van der Waals surface area contributed by atoms with E-state index in [9.17, 15) is 4.79 Å². The molecule has 0 saturated heterocycles. The van der Waals surface area contributed by atoms with Crippen LogP contribution >= 0.6 is 15.9 Å². The number of ether oxygens (including phenoxy) is 3. The molecule has 0 aliphatic carbocycles. The van der Waals surface area contributed by atoms with Gasteiger partial charge in [-0.1, -0.05) is 52.2 Å². The summed E-state index contributed by atoms with van der Waals surface area (Å²) in [5, 5.41) is 0. The van der Waals surface area contributed by atoms with Crippen LogP contribution in [0, 0.1) is 11.8 Å². The summed E-state index contributed by atoms with van der Waals surface area (Å²) in [5.41, 5.74) is 2.92.